The van der Waals surface area contributed by atoms with Gasteiger partial charge in [0.15, 0.2) is 6.61 Å². The van der Waals surface area contributed by atoms with E-state index in [1.165, 1.54) is 0 Å². The maximum atomic E-state index is 12.4. The van der Waals surface area contributed by atoms with Gasteiger partial charge in [0.2, 0.25) is 0 Å². The fourth-order valence-electron chi connectivity index (χ4n) is 2.46. The molecule has 0 heterocycles. The summed E-state index contributed by atoms with van der Waals surface area (Å²) in [5, 5.41) is 3.04. The van der Waals surface area contributed by atoms with Gasteiger partial charge in [-0.15, -0.1) is 0 Å². The molecule has 0 aliphatic carbocycles. The third kappa shape index (κ3) is 5.11. The third-order valence-corrected chi connectivity index (χ3v) is 4.12. The van der Waals surface area contributed by atoms with Crippen LogP contribution in [0.4, 0.5) is 5.69 Å². The lowest BCUT2D eigenvalue weighted by atomic mass is 10.2. The summed E-state index contributed by atoms with van der Waals surface area (Å²) < 4.78 is 10.9. The molecule has 0 saturated carbocycles. The van der Waals surface area contributed by atoms with Crippen LogP contribution in [-0.4, -0.2) is 18.5 Å². The summed E-state index contributed by atoms with van der Waals surface area (Å²) in [6, 6.07) is 21.0. The monoisotopic (exact) mass is 395 g/mol. The lowest BCUT2D eigenvalue weighted by Gasteiger charge is -2.11. The van der Waals surface area contributed by atoms with E-state index in [9.17, 15) is 9.59 Å². The lowest BCUT2D eigenvalue weighted by molar-refractivity contribution is -0.119. The van der Waals surface area contributed by atoms with Gasteiger partial charge >= 0.3 is 5.97 Å². The van der Waals surface area contributed by atoms with Crippen LogP contribution in [0.1, 0.15) is 15.9 Å². The molecule has 28 heavy (non-hydrogen) atoms. The molecule has 3 aromatic carbocycles. The number of carbonyl (C=O) groups excluding carboxylic acids is 2. The minimum absolute atomic E-state index is 0.229. The number of halogens is 1. The summed E-state index contributed by atoms with van der Waals surface area (Å²) in [5.41, 5.74) is 1.66. The summed E-state index contributed by atoms with van der Waals surface area (Å²) in [7, 11) is 0. The van der Waals surface area contributed by atoms with Gasteiger partial charge in [0.1, 0.15) is 17.1 Å². The molecule has 0 radical (unpaired) electrons. The normalized spacial score (nSPS) is 10.2. The molecule has 0 aliphatic rings. The number of anilines is 1. The molecular formula is C22H18ClNO4. The smallest absolute Gasteiger partial charge is 0.342 e. The fourth-order valence-corrected chi connectivity index (χ4v) is 2.74. The Kier molecular flexibility index (Phi) is 6.29. The maximum absolute atomic E-state index is 12.4. The number of hydrogen-bond acceptors (Lipinski definition) is 4. The molecule has 6 heteroatoms. The molecule has 0 unspecified atom stereocenters. The molecule has 5 nitrogen and oxygen atoms in total. The molecule has 0 spiro atoms. The molecule has 142 valence electrons. The van der Waals surface area contributed by atoms with E-state index in [0.717, 1.165) is 5.56 Å². The van der Waals surface area contributed by atoms with Crippen LogP contribution < -0.4 is 10.1 Å². The standard InChI is InChI=1S/C22H18ClNO4/c1-15-11-12-19(18(23)13-15)24-21(25)14-27-22(26)17-9-5-6-10-20(17)28-16-7-3-2-4-8-16/h2-13H,14H2,1H3,(H,24,25). The lowest BCUT2D eigenvalue weighted by Crippen LogP contribution is -2.21. The third-order valence-electron chi connectivity index (χ3n) is 3.81. The topological polar surface area (TPSA) is 64.6 Å². The average molecular weight is 396 g/mol. The highest BCUT2D eigenvalue weighted by molar-refractivity contribution is 6.33. The predicted molar refractivity (Wildman–Crippen MR) is 108 cm³/mol. The molecule has 0 saturated heterocycles. The van der Waals surface area contributed by atoms with Crippen molar-refractivity contribution in [3.8, 4) is 11.5 Å². The summed E-state index contributed by atoms with van der Waals surface area (Å²) in [6.45, 7) is 1.46. The van der Waals surface area contributed by atoms with E-state index in [-0.39, 0.29) is 5.56 Å². The van der Waals surface area contributed by atoms with Gasteiger partial charge in [0, 0.05) is 0 Å². The number of hydrogen-bond donors (Lipinski definition) is 1. The van der Waals surface area contributed by atoms with Crippen LogP contribution in [0.15, 0.2) is 72.8 Å². The second kappa shape index (κ2) is 9.06. The van der Waals surface area contributed by atoms with E-state index in [2.05, 4.69) is 5.32 Å². The van der Waals surface area contributed by atoms with Crippen LogP contribution in [0.25, 0.3) is 0 Å². The van der Waals surface area contributed by atoms with Gasteiger partial charge in [0.25, 0.3) is 5.91 Å². The van der Waals surface area contributed by atoms with Crippen molar-refractivity contribution in [2.75, 3.05) is 11.9 Å². The van der Waals surface area contributed by atoms with E-state index < -0.39 is 18.5 Å². The van der Waals surface area contributed by atoms with Crippen molar-refractivity contribution >= 4 is 29.2 Å². The molecule has 3 aromatic rings. The molecule has 0 atom stereocenters. The minimum atomic E-state index is -0.656. The van der Waals surface area contributed by atoms with Crippen LogP contribution in [0, 0.1) is 6.92 Å². The first-order chi connectivity index (χ1) is 13.5. The Balaban J connectivity index is 1.62. The highest BCUT2D eigenvalue weighted by atomic mass is 35.5. The zero-order chi connectivity index (χ0) is 19.9. The van der Waals surface area contributed by atoms with Gasteiger partial charge in [0.05, 0.1) is 10.7 Å². The highest BCUT2D eigenvalue weighted by Crippen LogP contribution is 2.26. The Morgan fingerprint density at radius 2 is 1.68 bits per heavy atom. The number of benzene rings is 3. The summed E-state index contributed by atoms with van der Waals surface area (Å²) in [5.74, 6) is -0.201. The number of amides is 1. The Bertz CT molecular complexity index is 989. The zero-order valence-corrected chi connectivity index (χ0v) is 15.9. The van der Waals surface area contributed by atoms with Crippen molar-refractivity contribution in [1.29, 1.82) is 0 Å². The molecule has 0 bridgehead atoms. The van der Waals surface area contributed by atoms with Crippen molar-refractivity contribution in [2.24, 2.45) is 0 Å². The molecule has 0 aromatic heterocycles. The molecule has 1 amide bonds. The second-order valence-corrected chi connectivity index (χ2v) is 6.43. The largest absolute Gasteiger partial charge is 0.456 e. The van der Waals surface area contributed by atoms with Crippen LogP contribution >= 0.6 is 11.6 Å². The first-order valence-electron chi connectivity index (χ1n) is 8.58. The first-order valence-corrected chi connectivity index (χ1v) is 8.96. The highest BCUT2D eigenvalue weighted by Gasteiger charge is 2.16. The van der Waals surface area contributed by atoms with Gasteiger partial charge < -0.3 is 14.8 Å². The van der Waals surface area contributed by atoms with Crippen molar-refractivity contribution in [3.63, 3.8) is 0 Å². The van der Waals surface area contributed by atoms with Crippen LogP contribution in [-0.2, 0) is 9.53 Å². The number of rotatable bonds is 6. The van der Waals surface area contributed by atoms with Crippen molar-refractivity contribution in [2.45, 2.75) is 6.92 Å². The molecule has 0 aliphatic heterocycles. The van der Waals surface area contributed by atoms with Gasteiger partial charge in [-0.1, -0.05) is 48.0 Å². The van der Waals surface area contributed by atoms with Crippen LogP contribution in [0.3, 0.4) is 0 Å². The van der Waals surface area contributed by atoms with E-state index in [0.29, 0.717) is 22.2 Å². The molecule has 0 fully saturated rings. The maximum Gasteiger partial charge on any atom is 0.342 e. The van der Waals surface area contributed by atoms with Gasteiger partial charge in [-0.3, -0.25) is 4.79 Å². The number of aryl methyl sites for hydroxylation is 1. The van der Waals surface area contributed by atoms with Gasteiger partial charge in [-0.25, -0.2) is 4.79 Å². The fraction of sp³-hybridized carbons (Fsp3) is 0.0909. The molecular weight excluding hydrogens is 378 g/mol. The number of esters is 1. The SMILES string of the molecule is Cc1ccc(NC(=O)COC(=O)c2ccccc2Oc2ccccc2)c(Cl)c1. The summed E-state index contributed by atoms with van der Waals surface area (Å²) >= 11 is 6.09. The number of carbonyl (C=O) groups is 2. The van der Waals surface area contributed by atoms with Gasteiger partial charge in [-0.05, 0) is 48.9 Å². The quantitative estimate of drug-likeness (QED) is 0.580. The van der Waals surface area contributed by atoms with E-state index in [4.69, 9.17) is 21.1 Å². The Hall–Kier alpha value is -3.31. The van der Waals surface area contributed by atoms with Crippen LogP contribution in [0.5, 0.6) is 11.5 Å². The molecule has 1 N–H and O–H groups in total. The van der Waals surface area contributed by atoms with E-state index in [1.54, 1.807) is 48.5 Å². The van der Waals surface area contributed by atoms with Crippen molar-refractivity contribution in [3.05, 3.63) is 88.9 Å². The summed E-state index contributed by atoms with van der Waals surface area (Å²) in [6.07, 6.45) is 0. The zero-order valence-electron chi connectivity index (χ0n) is 15.1. The Morgan fingerprint density at radius 1 is 0.964 bits per heavy atom. The second-order valence-electron chi connectivity index (χ2n) is 6.02. The number of para-hydroxylation sites is 2. The first kappa shape index (κ1) is 19.5. The summed E-state index contributed by atoms with van der Waals surface area (Å²) in [4.78, 5) is 24.5. The number of ether oxygens (including phenoxy) is 2. The van der Waals surface area contributed by atoms with Gasteiger partial charge in [-0.2, -0.15) is 0 Å². The predicted octanol–water partition coefficient (Wildman–Crippen LogP) is 5.24. The average Bonchev–Trinajstić information content (AvgIpc) is 2.69. The number of nitrogens with one attached hydrogen (secondary N) is 1. The molecule has 3 rings (SSSR count). The Labute approximate surface area is 167 Å². The van der Waals surface area contributed by atoms with Crippen molar-refractivity contribution in [1.82, 2.24) is 0 Å². The van der Waals surface area contributed by atoms with E-state index >= 15 is 0 Å². The van der Waals surface area contributed by atoms with E-state index in [1.807, 2.05) is 31.2 Å². The minimum Gasteiger partial charge on any atom is -0.456 e. The van der Waals surface area contributed by atoms with Crippen molar-refractivity contribution < 1.29 is 19.1 Å². The van der Waals surface area contributed by atoms with Crippen LogP contribution in [0.2, 0.25) is 5.02 Å². The Morgan fingerprint density at radius 3 is 2.43 bits per heavy atom.